The second-order valence-electron chi connectivity index (χ2n) is 9.87. The van der Waals surface area contributed by atoms with Crippen LogP contribution >= 0.6 is 0 Å². The van der Waals surface area contributed by atoms with Gasteiger partial charge in [0, 0.05) is 41.3 Å². The summed E-state index contributed by atoms with van der Waals surface area (Å²) in [6.45, 7) is 2.17. The van der Waals surface area contributed by atoms with E-state index in [1.165, 1.54) is 5.56 Å². The molecule has 0 spiro atoms. The monoisotopic (exact) mass is 501 g/mol. The summed E-state index contributed by atoms with van der Waals surface area (Å²) < 4.78 is 11.7. The fourth-order valence-electron chi connectivity index (χ4n) is 5.70. The van der Waals surface area contributed by atoms with Crippen molar-refractivity contribution in [2.45, 2.75) is 58.0 Å². The zero-order chi connectivity index (χ0) is 26.1. The van der Waals surface area contributed by atoms with Crippen molar-refractivity contribution in [3.8, 4) is 11.5 Å². The molecule has 0 fully saturated rings. The Morgan fingerprint density at radius 1 is 0.919 bits per heavy atom. The van der Waals surface area contributed by atoms with Gasteiger partial charge in [0.1, 0.15) is 13.2 Å². The maximum Gasteiger partial charge on any atom is 0.323 e. The molecule has 2 aromatic carbocycles. The van der Waals surface area contributed by atoms with Gasteiger partial charge in [-0.15, -0.1) is 0 Å². The van der Waals surface area contributed by atoms with E-state index >= 15 is 0 Å². The fraction of sp³-hybridized carbons (Fsp3) is 0.367. The van der Waals surface area contributed by atoms with E-state index in [1.807, 2.05) is 49.4 Å². The fourth-order valence-corrected chi connectivity index (χ4v) is 5.70. The lowest BCUT2D eigenvalue weighted by Gasteiger charge is -2.43. The molecule has 37 heavy (non-hydrogen) atoms. The van der Waals surface area contributed by atoms with Gasteiger partial charge in [-0.1, -0.05) is 35.9 Å². The van der Waals surface area contributed by atoms with Crippen LogP contribution in [0.15, 0.2) is 65.0 Å². The summed E-state index contributed by atoms with van der Waals surface area (Å²) >= 11 is 0. The van der Waals surface area contributed by atoms with Crippen LogP contribution in [0.5, 0.6) is 11.5 Å². The highest BCUT2D eigenvalue weighted by atomic mass is 16.5. The molecule has 0 radical (unpaired) electrons. The molecule has 1 heterocycles. The summed E-state index contributed by atoms with van der Waals surface area (Å²) in [5, 5.41) is 9.62. The zero-order valence-corrected chi connectivity index (χ0v) is 21.2. The minimum atomic E-state index is -0.982. The van der Waals surface area contributed by atoms with Crippen molar-refractivity contribution in [2.24, 2.45) is 0 Å². The first kappa shape index (κ1) is 24.8. The summed E-state index contributed by atoms with van der Waals surface area (Å²) in [4.78, 5) is 40.1. The number of ether oxygens (including phenoxy) is 2. The molecule has 0 bridgehead atoms. The van der Waals surface area contributed by atoms with Gasteiger partial charge in [0.05, 0.1) is 7.11 Å². The quantitative estimate of drug-likeness (QED) is 0.565. The molecule has 7 heteroatoms. The van der Waals surface area contributed by atoms with Gasteiger partial charge in [-0.05, 0) is 55.9 Å². The number of Topliss-reactive ketones (excluding diaryl/α,β-unsaturated/α-hetero) is 2. The predicted molar refractivity (Wildman–Crippen MR) is 137 cm³/mol. The largest absolute Gasteiger partial charge is 0.493 e. The number of carbonyl (C=O) groups is 3. The number of nitrogens with zero attached hydrogens (tertiary/aromatic N) is 1. The van der Waals surface area contributed by atoms with E-state index in [9.17, 15) is 19.5 Å². The van der Waals surface area contributed by atoms with Gasteiger partial charge in [0.25, 0.3) is 0 Å². The van der Waals surface area contributed by atoms with Crippen molar-refractivity contribution < 1.29 is 29.0 Å². The van der Waals surface area contributed by atoms with Gasteiger partial charge < -0.3 is 19.5 Å². The van der Waals surface area contributed by atoms with E-state index in [1.54, 1.807) is 12.0 Å². The number of carboxylic acids is 1. The average molecular weight is 502 g/mol. The topological polar surface area (TPSA) is 93.1 Å². The number of allylic oxidation sites excluding steroid dienone is 4. The molecule has 192 valence electrons. The van der Waals surface area contributed by atoms with E-state index in [2.05, 4.69) is 0 Å². The second kappa shape index (κ2) is 10.2. The zero-order valence-electron chi connectivity index (χ0n) is 21.2. The average Bonchev–Trinajstić information content (AvgIpc) is 2.89. The standard InChI is InChI=1S/C30H31NO6/c1-18-9-11-19(12-10-18)17-37-25-14-13-20(15-26(25)36-2)28-29-21(5-3-7-23(29)32)31(16-27(34)35)22-6-4-8-24(33)30(22)28/h9-15,28H,3-8,16-17H2,1-2H3,(H,34,35). The highest BCUT2D eigenvalue weighted by molar-refractivity contribution is 6.06. The van der Waals surface area contributed by atoms with Crippen molar-refractivity contribution in [2.75, 3.05) is 13.7 Å². The second-order valence-corrected chi connectivity index (χ2v) is 9.87. The SMILES string of the molecule is COc1cc(C2C3=C(CCCC3=O)N(CC(=O)O)C3=C2C(=O)CCC3)ccc1OCc1ccc(C)cc1. The molecule has 2 aromatic rings. The normalized spacial score (nSPS) is 18.1. The molecular weight excluding hydrogens is 470 g/mol. The molecule has 3 aliphatic rings. The minimum Gasteiger partial charge on any atom is -0.493 e. The molecule has 0 saturated heterocycles. The Morgan fingerprint density at radius 2 is 1.54 bits per heavy atom. The van der Waals surface area contributed by atoms with Crippen LogP contribution < -0.4 is 9.47 Å². The van der Waals surface area contributed by atoms with Gasteiger partial charge in [-0.3, -0.25) is 14.4 Å². The van der Waals surface area contributed by atoms with Gasteiger partial charge in [0.2, 0.25) is 0 Å². The number of carboxylic acid groups (broad SMARTS) is 1. The predicted octanol–water partition coefficient (Wildman–Crippen LogP) is 5.08. The summed E-state index contributed by atoms with van der Waals surface area (Å²) in [6.07, 6.45) is 3.36. The Balaban J connectivity index is 1.56. The number of aryl methyl sites for hydroxylation is 1. The Bertz CT molecular complexity index is 1280. The number of benzene rings is 2. The lowest BCUT2D eigenvalue weighted by molar-refractivity contribution is -0.138. The van der Waals surface area contributed by atoms with Gasteiger partial charge in [-0.2, -0.15) is 0 Å². The summed E-state index contributed by atoms with van der Waals surface area (Å²) in [7, 11) is 1.57. The molecule has 7 nitrogen and oxygen atoms in total. The number of aliphatic carboxylic acids is 1. The lowest BCUT2D eigenvalue weighted by atomic mass is 9.71. The molecule has 2 aliphatic carbocycles. The van der Waals surface area contributed by atoms with Crippen LogP contribution in [0.2, 0.25) is 0 Å². The lowest BCUT2D eigenvalue weighted by Crippen LogP contribution is -2.41. The molecule has 0 aromatic heterocycles. The van der Waals surface area contributed by atoms with Crippen molar-refractivity contribution in [3.05, 3.63) is 81.7 Å². The van der Waals surface area contributed by atoms with E-state index < -0.39 is 11.9 Å². The summed E-state index contributed by atoms with van der Waals surface area (Å²) in [5.74, 6) is -0.465. The van der Waals surface area contributed by atoms with Crippen LogP contribution in [-0.2, 0) is 21.0 Å². The Labute approximate surface area is 216 Å². The van der Waals surface area contributed by atoms with Crippen molar-refractivity contribution in [1.29, 1.82) is 0 Å². The Kier molecular flexibility index (Phi) is 6.87. The van der Waals surface area contributed by atoms with Crippen LogP contribution in [0.1, 0.15) is 61.1 Å². The first-order chi connectivity index (χ1) is 17.9. The molecule has 0 atom stereocenters. The highest BCUT2D eigenvalue weighted by Gasteiger charge is 2.43. The maximum absolute atomic E-state index is 13.3. The Morgan fingerprint density at radius 3 is 2.11 bits per heavy atom. The first-order valence-corrected chi connectivity index (χ1v) is 12.8. The molecule has 0 amide bonds. The number of methoxy groups -OCH3 is 1. The maximum atomic E-state index is 13.3. The highest BCUT2D eigenvalue weighted by Crippen LogP contribution is 2.50. The van der Waals surface area contributed by atoms with E-state index in [0.29, 0.717) is 67.8 Å². The third kappa shape index (κ3) is 4.78. The third-order valence-corrected chi connectivity index (χ3v) is 7.42. The van der Waals surface area contributed by atoms with Gasteiger partial charge in [-0.25, -0.2) is 0 Å². The third-order valence-electron chi connectivity index (χ3n) is 7.42. The van der Waals surface area contributed by atoms with Crippen LogP contribution in [-0.4, -0.2) is 41.2 Å². The summed E-state index contributed by atoms with van der Waals surface area (Å²) in [5.41, 5.74) is 5.59. The van der Waals surface area contributed by atoms with Crippen LogP contribution in [0.25, 0.3) is 0 Å². The number of rotatable bonds is 7. The van der Waals surface area contributed by atoms with Crippen molar-refractivity contribution in [1.82, 2.24) is 4.90 Å². The number of hydrogen-bond donors (Lipinski definition) is 1. The molecule has 1 N–H and O–H groups in total. The van der Waals surface area contributed by atoms with Crippen LogP contribution in [0.3, 0.4) is 0 Å². The van der Waals surface area contributed by atoms with E-state index in [4.69, 9.17) is 9.47 Å². The van der Waals surface area contributed by atoms with E-state index in [0.717, 1.165) is 22.5 Å². The minimum absolute atomic E-state index is 0.0229. The van der Waals surface area contributed by atoms with E-state index in [-0.39, 0.29) is 18.1 Å². The van der Waals surface area contributed by atoms with Gasteiger partial charge >= 0.3 is 5.97 Å². The summed E-state index contributed by atoms with van der Waals surface area (Å²) in [6, 6.07) is 13.7. The van der Waals surface area contributed by atoms with Crippen molar-refractivity contribution in [3.63, 3.8) is 0 Å². The molecule has 1 aliphatic heterocycles. The number of carbonyl (C=O) groups excluding carboxylic acids is 2. The Hall–Kier alpha value is -3.87. The van der Waals surface area contributed by atoms with Crippen LogP contribution in [0.4, 0.5) is 0 Å². The number of hydrogen-bond acceptors (Lipinski definition) is 6. The molecule has 0 unspecified atom stereocenters. The number of ketones is 2. The molecule has 0 saturated carbocycles. The first-order valence-electron chi connectivity index (χ1n) is 12.8. The van der Waals surface area contributed by atoms with Crippen LogP contribution in [0, 0.1) is 6.92 Å². The van der Waals surface area contributed by atoms with Gasteiger partial charge in [0.15, 0.2) is 23.1 Å². The molecule has 5 rings (SSSR count). The van der Waals surface area contributed by atoms with Crippen molar-refractivity contribution >= 4 is 17.5 Å². The molecular formula is C30H31NO6. The smallest absolute Gasteiger partial charge is 0.323 e.